The highest BCUT2D eigenvalue weighted by Gasteiger charge is 2.37. The van der Waals surface area contributed by atoms with Crippen molar-refractivity contribution in [1.82, 2.24) is 4.90 Å². The molecule has 6 heteroatoms. The topological polar surface area (TPSA) is 49.8 Å². The Balaban J connectivity index is 1.90. The van der Waals surface area contributed by atoms with E-state index in [1.807, 2.05) is 24.3 Å². The standard InChI is InChI=1S/C22H22BrNO3S/c1-27-18-10-9-15(23)13-16(18)21(24-11-5-4-7-17(24)22(25)26)20-12-14-6-2-3-8-19(14)28-20/h2-3,6,8-10,12-13,17,21H,4-5,7,11H2,1H3,(H,25,26). The van der Waals surface area contributed by atoms with Crippen molar-refractivity contribution in [3.05, 3.63) is 63.4 Å². The van der Waals surface area contributed by atoms with E-state index >= 15 is 0 Å². The Hall–Kier alpha value is -1.89. The first-order valence-corrected chi connectivity index (χ1v) is 11.0. The molecule has 1 saturated heterocycles. The van der Waals surface area contributed by atoms with Crippen molar-refractivity contribution >= 4 is 43.3 Å². The molecular formula is C22H22BrNO3S. The van der Waals surface area contributed by atoms with Crippen molar-refractivity contribution in [1.29, 1.82) is 0 Å². The minimum Gasteiger partial charge on any atom is -0.496 e. The van der Waals surface area contributed by atoms with E-state index in [9.17, 15) is 9.90 Å². The Labute approximate surface area is 176 Å². The lowest BCUT2D eigenvalue weighted by Gasteiger charge is -2.39. The summed E-state index contributed by atoms with van der Waals surface area (Å²) in [4.78, 5) is 15.3. The molecule has 2 heterocycles. The van der Waals surface area contributed by atoms with Crippen LogP contribution in [0.3, 0.4) is 0 Å². The molecule has 0 amide bonds. The second kappa shape index (κ2) is 8.23. The number of methoxy groups -OCH3 is 1. The third-order valence-corrected chi connectivity index (χ3v) is 7.02. The predicted molar refractivity (Wildman–Crippen MR) is 116 cm³/mol. The van der Waals surface area contributed by atoms with Gasteiger partial charge in [-0.25, -0.2) is 0 Å². The van der Waals surface area contributed by atoms with Crippen LogP contribution in [0.25, 0.3) is 10.1 Å². The maximum Gasteiger partial charge on any atom is 0.320 e. The first-order valence-electron chi connectivity index (χ1n) is 9.39. The Morgan fingerprint density at radius 3 is 2.82 bits per heavy atom. The summed E-state index contributed by atoms with van der Waals surface area (Å²) in [5, 5.41) is 11.1. The number of carboxylic acids is 1. The first kappa shape index (κ1) is 19.4. The Kier molecular flexibility index (Phi) is 5.71. The van der Waals surface area contributed by atoms with Crippen molar-refractivity contribution in [3.63, 3.8) is 0 Å². The molecule has 0 bridgehead atoms. The van der Waals surface area contributed by atoms with Gasteiger partial charge in [0.2, 0.25) is 0 Å². The van der Waals surface area contributed by atoms with E-state index in [1.54, 1.807) is 18.4 Å². The number of thiophene rings is 1. The largest absolute Gasteiger partial charge is 0.496 e. The Morgan fingerprint density at radius 2 is 2.07 bits per heavy atom. The molecule has 0 radical (unpaired) electrons. The van der Waals surface area contributed by atoms with Gasteiger partial charge in [-0.3, -0.25) is 9.69 Å². The van der Waals surface area contributed by atoms with Crippen LogP contribution in [0.2, 0.25) is 0 Å². The molecule has 2 unspecified atom stereocenters. The van der Waals surface area contributed by atoms with Gasteiger partial charge in [-0.1, -0.05) is 40.5 Å². The molecule has 2 atom stereocenters. The highest BCUT2D eigenvalue weighted by atomic mass is 79.9. The Morgan fingerprint density at radius 1 is 1.25 bits per heavy atom. The maximum absolute atomic E-state index is 12.0. The van der Waals surface area contributed by atoms with E-state index in [2.05, 4.69) is 45.1 Å². The molecular weight excluding hydrogens is 438 g/mol. The number of hydrogen-bond acceptors (Lipinski definition) is 4. The van der Waals surface area contributed by atoms with E-state index in [0.29, 0.717) is 6.42 Å². The van der Waals surface area contributed by atoms with Gasteiger partial charge in [0.1, 0.15) is 11.8 Å². The third-order valence-electron chi connectivity index (χ3n) is 5.36. The average Bonchev–Trinajstić information content (AvgIpc) is 3.12. The third kappa shape index (κ3) is 3.69. The molecule has 1 aliphatic rings. The molecule has 4 rings (SSSR count). The van der Waals surface area contributed by atoms with E-state index < -0.39 is 12.0 Å². The van der Waals surface area contributed by atoms with Crippen LogP contribution < -0.4 is 4.74 Å². The van der Waals surface area contributed by atoms with Gasteiger partial charge >= 0.3 is 5.97 Å². The van der Waals surface area contributed by atoms with Crippen LogP contribution in [0.1, 0.15) is 35.7 Å². The summed E-state index contributed by atoms with van der Waals surface area (Å²) >= 11 is 5.31. The monoisotopic (exact) mass is 459 g/mol. The molecule has 0 saturated carbocycles. The number of piperidine rings is 1. The maximum atomic E-state index is 12.0. The Bertz CT molecular complexity index is 969. The second-order valence-corrected chi connectivity index (χ2v) is 9.09. The van der Waals surface area contributed by atoms with Gasteiger partial charge in [0.05, 0.1) is 13.2 Å². The highest BCUT2D eigenvalue weighted by molar-refractivity contribution is 9.10. The molecule has 146 valence electrons. The van der Waals surface area contributed by atoms with Crippen molar-refractivity contribution in [2.45, 2.75) is 31.3 Å². The van der Waals surface area contributed by atoms with Crippen molar-refractivity contribution in [3.8, 4) is 5.75 Å². The fraction of sp³-hybridized carbons (Fsp3) is 0.318. The number of carbonyl (C=O) groups is 1. The minimum atomic E-state index is -0.750. The number of likely N-dealkylation sites (tertiary alicyclic amines) is 1. The molecule has 2 aromatic carbocycles. The number of fused-ring (bicyclic) bond motifs is 1. The molecule has 1 aromatic heterocycles. The fourth-order valence-corrected chi connectivity index (χ4v) is 5.66. The number of nitrogens with zero attached hydrogens (tertiary/aromatic N) is 1. The fourth-order valence-electron chi connectivity index (χ4n) is 4.08. The summed E-state index contributed by atoms with van der Waals surface area (Å²) in [5.74, 6) is 0.0279. The number of rotatable bonds is 5. The molecule has 3 aromatic rings. The summed E-state index contributed by atoms with van der Waals surface area (Å²) in [5.41, 5.74) is 0.997. The van der Waals surface area contributed by atoms with Crippen molar-refractivity contribution in [2.75, 3.05) is 13.7 Å². The van der Waals surface area contributed by atoms with E-state index in [1.165, 1.54) is 10.1 Å². The van der Waals surface area contributed by atoms with Crippen LogP contribution >= 0.6 is 27.3 Å². The van der Waals surface area contributed by atoms with Crippen LogP contribution in [0, 0.1) is 0 Å². The van der Waals surface area contributed by atoms with Crippen LogP contribution in [0.4, 0.5) is 0 Å². The lowest BCUT2D eigenvalue weighted by atomic mass is 9.94. The van der Waals surface area contributed by atoms with Crippen LogP contribution in [-0.4, -0.2) is 35.7 Å². The summed E-state index contributed by atoms with van der Waals surface area (Å²) in [6.45, 7) is 0.756. The zero-order chi connectivity index (χ0) is 19.7. The number of carboxylic acid groups (broad SMARTS) is 1. The van der Waals surface area contributed by atoms with Gasteiger partial charge in [-0.2, -0.15) is 0 Å². The molecule has 4 nitrogen and oxygen atoms in total. The summed E-state index contributed by atoms with van der Waals surface area (Å²) in [6, 6.07) is 15.8. The van der Waals surface area contributed by atoms with Gasteiger partial charge in [0.25, 0.3) is 0 Å². The number of halogens is 1. The quantitative estimate of drug-likeness (QED) is 0.531. The SMILES string of the molecule is COc1ccc(Br)cc1C(c1cc2ccccc2s1)N1CCCCC1C(=O)O. The summed E-state index contributed by atoms with van der Waals surface area (Å²) < 4.78 is 7.84. The minimum absolute atomic E-state index is 0.161. The van der Waals surface area contributed by atoms with Gasteiger partial charge in [-0.15, -0.1) is 11.3 Å². The number of aliphatic carboxylic acids is 1. The molecule has 1 aliphatic heterocycles. The van der Waals surface area contributed by atoms with Crippen molar-refractivity contribution < 1.29 is 14.6 Å². The van der Waals surface area contributed by atoms with E-state index in [4.69, 9.17) is 4.74 Å². The smallest absolute Gasteiger partial charge is 0.320 e. The molecule has 0 spiro atoms. The summed E-state index contributed by atoms with van der Waals surface area (Å²) in [7, 11) is 1.67. The number of benzene rings is 2. The first-order chi connectivity index (χ1) is 13.6. The number of hydrogen-bond donors (Lipinski definition) is 1. The zero-order valence-corrected chi connectivity index (χ0v) is 18.0. The molecule has 1 fully saturated rings. The van der Waals surface area contributed by atoms with Gasteiger partial charge in [0.15, 0.2) is 0 Å². The van der Waals surface area contributed by atoms with Crippen LogP contribution in [0.5, 0.6) is 5.75 Å². The average molecular weight is 460 g/mol. The number of ether oxygens (including phenoxy) is 1. The normalized spacial score (nSPS) is 18.9. The molecule has 28 heavy (non-hydrogen) atoms. The van der Waals surface area contributed by atoms with Gasteiger partial charge in [0, 0.05) is 19.6 Å². The van der Waals surface area contributed by atoms with Crippen LogP contribution in [0.15, 0.2) is 53.0 Å². The second-order valence-electron chi connectivity index (χ2n) is 7.06. The van der Waals surface area contributed by atoms with E-state index in [-0.39, 0.29) is 6.04 Å². The van der Waals surface area contributed by atoms with Gasteiger partial charge in [-0.05, 0) is 55.1 Å². The van der Waals surface area contributed by atoms with Crippen LogP contribution in [-0.2, 0) is 4.79 Å². The lowest BCUT2D eigenvalue weighted by molar-refractivity contribution is -0.145. The van der Waals surface area contributed by atoms with E-state index in [0.717, 1.165) is 40.0 Å². The highest BCUT2D eigenvalue weighted by Crippen LogP contribution is 2.43. The zero-order valence-electron chi connectivity index (χ0n) is 15.6. The molecule has 1 N–H and O–H groups in total. The molecule has 0 aliphatic carbocycles. The van der Waals surface area contributed by atoms with Gasteiger partial charge < -0.3 is 9.84 Å². The summed E-state index contributed by atoms with van der Waals surface area (Å²) in [6.07, 6.45) is 2.62. The van der Waals surface area contributed by atoms with Crippen molar-refractivity contribution in [2.24, 2.45) is 0 Å². The predicted octanol–water partition coefficient (Wildman–Crippen LogP) is 5.70. The lowest BCUT2D eigenvalue weighted by Crippen LogP contribution is -2.46.